The van der Waals surface area contributed by atoms with Gasteiger partial charge in [0.05, 0.1) is 11.7 Å². The van der Waals surface area contributed by atoms with Gasteiger partial charge in [-0.05, 0) is 37.8 Å². The lowest BCUT2D eigenvalue weighted by molar-refractivity contribution is -0.0337. The number of aryl methyl sites for hydroxylation is 1. The quantitative estimate of drug-likeness (QED) is 0.906. The van der Waals surface area contributed by atoms with Crippen LogP contribution >= 0.6 is 0 Å². The number of pyridine rings is 1. The van der Waals surface area contributed by atoms with Crippen molar-refractivity contribution < 1.29 is 9.53 Å². The number of hydrogen-bond acceptors (Lipinski definition) is 3. The van der Waals surface area contributed by atoms with Crippen LogP contribution < -0.4 is 5.32 Å². The van der Waals surface area contributed by atoms with Crippen LogP contribution in [0.25, 0.3) is 0 Å². The average molecular weight is 290 g/mol. The van der Waals surface area contributed by atoms with Gasteiger partial charge in [0.15, 0.2) is 0 Å². The summed E-state index contributed by atoms with van der Waals surface area (Å²) in [5.74, 6) is 0.570. The first-order chi connectivity index (χ1) is 10.2. The Morgan fingerprint density at radius 3 is 2.90 bits per heavy atom. The molecular formula is C17H26N2O2. The number of hydrogen-bond donors (Lipinski definition) is 1. The van der Waals surface area contributed by atoms with Crippen LogP contribution in [0, 0.1) is 12.8 Å². The van der Waals surface area contributed by atoms with E-state index in [1.54, 1.807) is 12.3 Å². The zero-order valence-electron chi connectivity index (χ0n) is 13.3. The van der Waals surface area contributed by atoms with E-state index in [-0.39, 0.29) is 18.1 Å². The van der Waals surface area contributed by atoms with E-state index in [9.17, 15) is 4.79 Å². The van der Waals surface area contributed by atoms with Crippen molar-refractivity contribution in [2.45, 2.75) is 58.6 Å². The average Bonchev–Trinajstić information content (AvgIpc) is 2.49. The highest BCUT2D eigenvalue weighted by Crippen LogP contribution is 2.25. The number of aromatic nitrogens is 1. The van der Waals surface area contributed by atoms with E-state index in [1.807, 2.05) is 13.0 Å². The number of nitrogens with one attached hydrogen (secondary N) is 1. The Kier molecular flexibility index (Phi) is 5.74. The highest BCUT2D eigenvalue weighted by atomic mass is 16.5. The van der Waals surface area contributed by atoms with Gasteiger partial charge >= 0.3 is 0 Å². The fourth-order valence-corrected chi connectivity index (χ4v) is 3.09. The molecule has 4 nitrogen and oxygen atoms in total. The van der Waals surface area contributed by atoms with Crippen molar-refractivity contribution >= 4 is 5.91 Å². The Morgan fingerprint density at radius 1 is 1.48 bits per heavy atom. The molecule has 1 saturated heterocycles. The van der Waals surface area contributed by atoms with Crippen LogP contribution in [0.15, 0.2) is 18.3 Å². The maximum Gasteiger partial charge on any atom is 0.253 e. The second-order valence-electron chi connectivity index (χ2n) is 5.82. The molecular weight excluding hydrogens is 264 g/mol. The number of carbonyl (C=O) groups is 1. The van der Waals surface area contributed by atoms with E-state index in [2.05, 4.69) is 24.1 Å². The molecule has 1 amide bonds. The van der Waals surface area contributed by atoms with Gasteiger partial charge in [-0.15, -0.1) is 0 Å². The summed E-state index contributed by atoms with van der Waals surface area (Å²) in [5.41, 5.74) is 1.45. The van der Waals surface area contributed by atoms with Crippen LogP contribution in [0.3, 0.4) is 0 Å². The Balaban J connectivity index is 1.96. The first kappa shape index (κ1) is 16.0. The number of rotatable bonds is 5. The summed E-state index contributed by atoms with van der Waals surface area (Å²) in [6.45, 7) is 7.02. The van der Waals surface area contributed by atoms with E-state index in [0.717, 1.165) is 38.0 Å². The van der Waals surface area contributed by atoms with Crippen molar-refractivity contribution in [2.75, 3.05) is 6.61 Å². The molecule has 2 rings (SSSR count). The standard InChI is InChI=1S/C17H26N2O2/c1-4-13(5-2)16-11-14(8-10-21-16)19-17(20)15-7-6-9-18-12(15)3/h6-7,9,13-14,16H,4-5,8,10-11H2,1-3H3,(H,19,20)/t14-,16+/m0/s1. The number of ether oxygens (including phenoxy) is 1. The van der Waals surface area contributed by atoms with Crippen molar-refractivity contribution in [2.24, 2.45) is 5.92 Å². The minimum absolute atomic E-state index is 0.0178. The smallest absolute Gasteiger partial charge is 0.253 e. The predicted octanol–water partition coefficient (Wildman–Crippen LogP) is 3.10. The fraction of sp³-hybridized carbons (Fsp3) is 0.647. The van der Waals surface area contributed by atoms with Crippen LogP contribution in [0.1, 0.15) is 55.6 Å². The zero-order valence-corrected chi connectivity index (χ0v) is 13.3. The van der Waals surface area contributed by atoms with Gasteiger partial charge in [-0.3, -0.25) is 9.78 Å². The summed E-state index contributed by atoms with van der Waals surface area (Å²) in [5, 5.41) is 3.15. The van der Waals surface area contributed by atoms with Gasteiger partial charge in [0.1, 0.15) is 0 Å². The molecule has 1 N–H and O–H groups in total. The number of nitrogens with zero attached hydrogens (tertiary/aromatic N) is 1. The Labute approximate surface area is 127 Å². The van der Waals surface area contributed by atoms with Gasteiger partial charge in [-0.25, -0.2) is 0 Å². The topological polar surface area (TPSA) is 51.2 Å². The second kappa shape index (κ2) is 7.55. The molecule has 2 atom stereocenters. The molecule has 4 heteroatoms. The van der Waals surface area contributed by atoms with E-state index in [4.69, 9.17) is 4.74 Å². The Bertz CT molecular complexity index is 472. The molecule has 0 bridgehead atoms. The third-order valence-electron chi connectivity index (χ3n) is 4.48. The van der Waals surface area contributed by atoms with Gasteiger partial charge in [-0.1, -0.05) is 26.7 Å². The summed E-state index contributed by atoms with van der Waals surface area (Å²) in [7, 11) is 0. The van der Waals surface area contributed by atoms with Crippen molar-refractivity contribution in [3.8, 4) is 0 Å². The molecule has 1 aromatic rings. The van der Waals surface area contributed by atoms with E-state index in [1.165, 1.54) is 0 Å². The van der Waals surface area contributed by atoms with Crippen LogP contribution in [0.4, 0.5) is 0 Å². The van der Waals surface area contributed by atoms with Crippen LogP contribution in [0.5, 0.6) is 0 Å². The third-order valence-corrected chi connectivity index (χ3v) is 4.48. The summed E-state index contributed by atoms with van der Waals surface area (Å²) in [4.78, 5) is 16.5. The monoisotopic (exact) mass is 290 g/mol. The number of amides is 1. The van der Waals surface area contributed by atoms with Gasteiger partial charge in [0, 0.05) is 24.5 Å². The molecule has 0 unspecified atom stereocenters. The molecule has 1 fully saturated rings. The fourth-order valence-electron chi connectivity index (χ4n) is 3.09. The van der Waals surface area contributed by atoms with Crippen molar-refractivity contribution in [1.29, 1.82) is 0 Å². The van der Waals surface area contributed by atoms with Crippen molar-refractivity contribution in [3.05, 3.63) is 29.6 Å². The van der Waals surface area contributed by atoms with Crippen LogP contribution in [0.2, 0.25) is 0 Å². The molecule has 1 aliphatic heterocycles. The maximum absolute atomic E-state index is 12.4. The van der Waals surface area contributed by atoms with Gasteiger partial charge < -0.3 is 10.1 Å². The minimum atomic E-state index is -0.0178. The van der Waals surface area contributed by atoms with E-state index in [0.29, 0.717) is 11.5 Å². The molecule has 1 aliphatic rings. The van der Waals surface area contributed by atoms with Crippen molar-refractivity contribution in [1.82, 2.24) is 10.3 Å². The molecule has 0 saturated carbocycles. The summed E-state index contributed by atoms with van der Waals surface area (Å²) < 4.78 is 5.90. The largest absolute Gasteiger partial charge is 0.378 e. The van der Waals surface area contributed by atoms with Crippen LogP contribution in [-0.2, 0) is 4.74 Å². The highest BCUT2D eigenvalue weighted by molar-refractivity contribution is 5.95. The lowest BCUT2D eigenvalue weighted by atomic mass is 9.89. The van der Waals surface area contributed by atoms with E-state index >= 15 is 0 Å². The van der Waals surface area contributed by atoms with Gasteiger partial charge in [0.25, 0.3) is 5.91 Å². The third kappa shape index (κ3) is 4.03. The summed E-state index contributed by atoms with van der Waals surface area (Å²) in [6.07, 6.45) is 6.05. The predicted molar refractivity (Wildman–Crippen MR) is 83.3 cm³/mol. The van der Waals surface area contributed by atoms with Crippen LogP contribution in [-0.4, -0.2) is 29.6 Å². The second-order valence-corrected chi connectivity index (χ2v) is 5.82. The Morgan fingerprint density at radius 2 is 2.24 bits per heavy atom. The molecule has 116 valence electrons. The lowest BCUT2D eigenvalue weighted by Gasteiger charge is -2.34. The molecule has 0 radical (unpaired) electrons. The summed E-state index contributed by atoms with van der Waals surface area (Å²) in [6, 6.07) is 3.84. The van der Waals surface area contributed by atoms with Crippen molar-refractivity contribution in [3.63, 3.8) is 0 Å². The molecule has 1 aromatic heterocycles. The summed E-state index contributed by atoms with van der Waals surface area (Å²) >= 11 is 0. The zero-order chi connectivity index (χ0) is 15.2. The highest BCUT2D eigenvalue weighted by Gasteiger charge is 2.28. The molecule has 2 heterocycles. The minimum Gasteiger partial charge on any atom is -0.378 e. The molecule has 0 spiro atoms. The Hall–Kier alpha value is -1.42. The van der Waals surface area contributed by atoms with Gasteiger partial charge in [0.2, 0.25) is 0 Å². The molecule has 21 heavy (non-hydrogen) atoms. The number of carbonyl (C=O) groups excluding carboxylic acids is 1. The maximum atomic E-state index is 12.4. The van der Waals surface area contributed by atoms with Gasteiger partial charge in [-0.2, -0.15) is 0 Å². The van der Waals surface area contributed by atoms with E-state index < -0.39 is 0 Å². The first-order valence-electron chi connectivity index (χ1n) is 7.99. The normalized spacial score (nSPS) is 22.3. The first-order valence-corrected chi connectivity index (χ1v) is 7.99. The molecule has 0 aliphatic carbocycles. The lowest BCUT2D eigenvalue weighted by Crippen LogP contribution is -2.44. The molecule has 0 aromatic carbocycles. The SMILES string of the molecule is CCC(CC)[C@H]1C[C@@H](NC(=O)c2cccnc2C)CCO1.